The smallest absolute Gasteiger partial charge is 0.434 e. The number of ether oxygens (including phenoxy) is 1. The van der Waals surface area contributed by atoms with Crippen molar-refractivity contribution in [1.29, 1.82) is 0 Å². The zero-order valence-corrected chi connectivity index (χ0v) is 8.11. The van der Waals surface area contributed by atoms with Crippen LogP contribution in [0.5, 0.6) is 0 Å². The maximum atomic E-state index is 10.9. The van der Waals surface area contributed by atoms with Crippen LogP contribution in [0.1, 0.15) is 6.92 Å². The van der Waals surface area contributed by atoms with Crippen molar-refractivity contribution in [1.82, 2.24) is 9.78 Å². The van der Waals surface area contributed by atoms with Gasteiger partial charge in [-0.2, -0.15) is 9.78 Å². The molecule has 0 bridgehead atoms. The third-order valence-corrected chi connectivity index (χ3v) is 1.59. The first-order valence-corrected chi connectivity index (χ1v) is 4.20. The Balaban J connectivity index is 2.69. The Hall–Kier alpha value is -0.590. The second-order valence-corrected chi connectivity index (χ2v) is 2.89. The summed E-state index contributed by atoms with van der Waals surface area (Å²) in [6, 6.07) is 1.73. The van der Waals surface area contributed by atoms with Crippen molar-refractivity contribution in [3.05, 3.63) is 16.0 Å². The van der Waals surface area contributed by atoms with Crippen LogP contribution in [0.15, 0.2) is 12.3 Å². The van der Waals surface area contributed by atoms with Gasteiger partial charge in [-0.05, 0) is 35.6 Å². The van der Waals surface area contributed by atoms with Gasteiger partial charge in [0.05, 0.1) is 6.61 Å². The maximum absolute atomic E-state index is 10.9. The summed E-state index contributed by atoms with van der Waals surface area (Å²) in [5.41, 5.74) is 0. The van der Waals surface area contributed by atoms with Gasteiger partial charge in [0.15, 0.2) is 0 Å². The van der Waals surface area contributed by atoms with Crippen LogP contribution in [0, 0.1) is 3.70 Å². The third-order valence-electron chi connectivity index (χ3n) is 1.01. The quantitative estimate of drug-likeness (QED) is 0.723. The van der Waals surface area contributed by atoms with E-state index in [0.717, 1.165) is 3.70 Å². The number of hydrogen-bond acceptors (Lipinski definition) is 3. The monoisotopic (exact) mass is 266 g/mol. The number of nitrogens with zero attached hydrogens (tertiary/aromatic N) is 2. The molecule has 0 atom stereocenters. The number of hydrogen-bond donors (Lipinski definition) is 0. The van der Waals surface area contributed by atoms with Gasteiger partial charge in [0.2, 0.25) is 0 Å². The summed E-state index contributed by atoms with van der Waals surface area (Å²) in [5.74, 6) is 0. The number of carbonyl (C=O) groups is 1. The fraction of sp³-hybridized carbons (Fsp3) is 0.333. The Bertz CT molecular complexity index is 259. The van der Waals surface area contributed by atoms with Crippen LogP contribution >= 0.6 is 22.6 Å². The molecule has 0 aliphatic carbocycles. The van der Waals surface area contributed by atoms with Crippen LogP contribution in [0.4, 0.5) is 4.79 Å². The van der Waals surface area contributed by atoms with Crippen molar-refractivity contribution in [2.45, 2.75) is 6.92 Å². The van der Waals surface area contributed by atoms with Crippen molar-refractivity contribution < 1.29 is 9.53 Å². The van der Waals surface area contributed by atoms with E-state index in [1.165, 1.54) is 4.68 Å². The van der Waals surface area contributed by atoms with Gasteiger partial charge in [-0.1, -0.05) is 0 Å². The molecular formula is C6H7IN2O2. The molecule has 11 heavy (non-hydrogen) atoms. The molecule has 0 fully saturated rings. The van der Waals surface area contributed by atoms with E-state index in [-0.39, 0.29) is 0 Å². The summed E-state index contributed by atoms with van der Waals surface area (Å²) in [7, 11) is 0. The van der Waals surface area contributed by atoms with Gasteiger partial charge in [0.25, 0.3) is 0 Å². The highest BCUT2D eigenvalue weighted by molar-refractivity contribution is 14.1. The summed E-state index contributed by atoms with van der Waals surface area (Å²) < 4.78 is 6.65. The van der Waals surface area contributed by atoms with Crippen LogP contribution in [0.2, 0.25) is 0 Å². The lowest BCUT2D eigenvalue weighted by atomic mass is 10.7. The normalized spacial score (nSPS) is 9.64. The number of rotatable bonds is 1. The van der Waals surface area contributed by atoms with Crippen LogP contribution in [-0.4, -0.2) is 22.5 Å². The van der Waals surface area contributed by atoms with Crippen molar-refractivity contribution in [2.24, 2.45) is 0 Å². The average molecular weight is 266 g/mol. The fourth-order valence-electron chi connectivity index (χ4n) is 0.593. The lowest BCUT2D eigenvalue weighted by Gasteiger charge is -1.98. The predicted octanol–water partition coefficient (Wildman–Crippen LogP) is 1.49. The molecule has 1 aromatic heterocycles. The highest BCUT2D eigenvalue weighted by Gasteiger charge is 2.04. The first-order valence-electron chi connectivity index (χ1n) is 3.12. The van der Waals surface area contributed by atoms with E-state index in [1.54, 1.807) is 19.2 Å². The Morgan fingerprint density at radius 1 is 1.91 bits per heavy atom. The Morgan fingerprint density at radius 2 is 2.64 bits per heavy atom. The van der Waals surface area contributed by atoms with Crippen molar-refractivity contribution in [2.75, 3.05) is 6.61 Å². The first-order chi connectivity index (χ1) is 5.24. The Kier molecular flexibility index (Phi) is 2.86. The van der Waals surface area contributed by atoms with Gasteiger partial charge in [0.1, 0.15) is 3.70 Å². The highest BCUT2D eigenvalue weighted by atomic mass is 127. The van der Waals surface area contributed by atoms with Crippen LogP contribution < -0.4 is 0 Å². The zero-order valence-electron chi connectivity index (χ0n) is 5.95. The van der Waals surface area contributed by atoms with Crippen molar-refractivity contribution in [3.63, 3.8) is 0 Å². The molecule has 60 valence electrons. The summed E-state index contributed by atoms with van der Waals surface area (Å²) in [6.07, 6.45) is 1.13. The minimum Gasteiger partial charge on any atom is -0.448 e. The molecule has 5 heteroatoms. The summed E-state index contributed by atoms with van der Waals surface area (Å²) >= 11 is 2.02. The molecule has 0 aliphatic rings. The molecule has 1 aromatic rings. The minimum absolute atomic E-state index is 0.370. The molecular weight excluding hydrogens is 259 g/mol. The standard InChI is InChI=1S/C6H7IN2O2/c1-2-11-6(10)9-4-3-5(7)8-9/h3-4H,2H2,1H3. The molecule has 1 heterocycles. The van der Waals surface area contributed by atoms with Crippen LogP contribution in [0.25, 0.3) is 0 Å². The largest absolute Gasteiger partial charge is 0.448 e. The molecule has 1 rings (SSSR count). The van der Waals surface area contributed by atoms with E-state index >= 15 is 0 Å². The van der Waals surface area contributed by atoms with Gasteiger partial charge in [-0.25, -0.2) is 4.79 Å². The maximum Gasteiger partial charge on any atom is 0.434 e. The molecule has 0 radical (unpaired) electrons. The van der Waals surface area contributed by atoms with Gasteiger partial charge < -0.3 is 4.74 Å². The molecule has 0 unspecified atom stereocenters. The van der Waals surface area contributed by atoms with Crippen molar-refractivity contribution >= 4 is 28.7 Å². The van der Waals surface area contributed by atoms with E-state index < -0.39 is 6.09 Å². The molecule has 0 spiro atoms. The van der Waals surface area contributed by atoms with E-state index in [4.69, 9.17) is 4.74 Å². The van der Waals surface area contributed by atoms with Gasteiger partial charge in [-0.15, -0.1) is 0 Å². The van der Waals surface area contributed by atoms with Gasteiger partial charge >= 0.3 is 6.09 Å². The predicted molar refractivity (Wildman–Crippen MR) is 47.4 cm³/mol. The first kappa shape index (κ1) is 8.51. The molecule has 0 saturated carbocycles. The van der Waals surface area contributed by atoms with E-state index in [1.807, 2.05) is 22.6 Å². The molecule has 4 nitrogen and oxygen atoms in total. The summed E-state index contributed by atoms with van der Waals surface area (Å²) in [6.45, 7) is 2.13. The van der Waals surface area contributed by atoms with E-state index in [0.29, 0.717) is 6.61 Å². The highest BCUT2D eigenvalue weighted by Crippen LogP contribution is 1.99. The zero-order chi connectivity index (χ0) is 8.27. The average Bonchev–Trinajstić information content (AvgIpc) is 2.36. The molecule has 0 saturated heterocycles. The minimum atomic E-state index is -0.435. The van der Waals surface area contributed by atoms with E-state index in [2.05, 4.69) is 5.10 Å². The number of halogens is 1. The SMILES string of the molecule is CCOC(=O)n1ccc(I)n1. The lowest BCUT2D eigenvalue weighted by molar-refractivity contribution is 0.150. The fourth-order valence-corrected chi connectivity index (χ4v) is 0.986. The molecule has 0 amide bonds. The topological polar surface area (TPSA) is 44.1 Å². The van der Waals surface area contributed by atoms with Crippen LogP contribution in [-0.2, 0) is 4.74 Å². The number of aromatic nitrogens is 2. The van der Waals surface area contributed by atoms with Crippen LogP contribution in [0.3, 0.4) is 0 Å². The molecule has 0 aromatic carbocycles. The van der Waals surface area contributed by atoms with E-state index in [9.17, 15) is 4.79 Å². The van der Waals surface area contributed by atoms with Crippen molar-refractivity contribution in [3.8, 4) is 0 Å². The second-order valence-electron chi connectivity index (χ2n) is 1.78. The second kappa shape index (κ2) is 3.70. The third kappa shape index (κ3) is 2.18. The summed E-state index contributed by atoms with van der Waals surface area (Å²) in [4.78, 5) is 10.9. The molecule has 0 N–H and O–H groups in total. The summed E-state index contributed by atoms with van der Waals surface area (Å²) in [5, 5.41) is 3.86. The van der Waals surface area contributed by atoms with Gasteiger partial charge in [-0.3, -0.25) is 0 Å². The number of carbonyl (C=O) groups excluding carboxylic acids is 1. The Labute approximate surface area is 77.7 Å². The van der Waals surface area contributed by atoms with Gasteiger partial charge in [0, 0.05) is 6.20 Å². The lowest BCUT2D eigenvalue weighted by Crippen LogP contribution is -2.13. The molecule has 0 aliphatic heterocycles. The Morgan fingerprint density at radius 3 is 3.09 bits per heavy atom.